The number of nitrogens with zero attached hydrogens (tertiary/aromatic N) is 2. The molecule has 7 heteroatoms. The Hall–Kier alpha value is -3.09. The SMILES string of the molecule is CCOC(=O)C(CN1CC[C@H](CCCc2ccc3c(n2)NCCC3)C1=O)c1ccc2c(c1)OCC2. The fourth-order valence-corrected chi connectivity index (χ4v) is 5.47. The van der Waals surface area contributed by atoms with Crippen molar-refractivity contribution in [3.63, 3.8) is 0 Å². The largest absolute Gasteiger partial charge is 0.493 e. The zero-order valence-corrected chi connectivity index (χ0v) is 20.6. The van der Waals surface area contributed by atoms with Crippen molar-refractivity contribution in [2.75, 3.05) is 38.2 Å². The van der Waals surface area contributed by atoms with Crippen molar-refractivity contribution in [2.45, 2.75) is 57.8 Å². The minimum Gasteiger partial charge on any atom is -0.493 e. The molecule has 3 aliphatic heterocycles. The van der Waals surface area contributed by atoms with E-state index in [4.69, 9.17) is 14.5 Å². The number of fused-ring (bicyclic) bond motifs is 2. The van der Waals surface area contributed by atoms with Crippen LogP contribution in [0.25, 0.3) is 0 Å². The molecule has 186 valence electrons. The number of benzene rings is 1. The van der Waals surface area contributed by atoms with Gasteiger partial charge in [0.15, 0.2) is 0 Å². The number of aryl methyl sites for hydroxylation is 2. The number of rotatable bonds is 9. The monoisotopic (exact) mass is 477 g/mol. The number of pyridine rings is 1. The Labute approximate surface area is 207 Å². The van der Waals surface area contributed by atoms with E-state index >= 15 is 0 Å². The van der Waals surface area contributed by atoms with Gasteiger partial charge in [-0.25, -0.2) is 4.98 Å². The number of nitrogens with one attached hydrogen (secondary N) is 1. The van der Waals surface area contributed by atoms with Crippen LogP contribution < -0.4 is 10.1 Å². The van der Waals surface area contributed by atoms with Gasteiger partial charge in [0.1, 0.15) is 11.6 Å². The maximum atomic E-state index is 13.2. The van der Waals surface area contributed by atoms with E-state index in [-0.39, 0.29) is 17.8 Å². The third-order valence-electron chi connectivity index (χ3n) is 7.44. The number of carbonyl (C=O) groups is 2. The average Bonchev–Trinajstić information content (AvgIpc) is 3.48. The fourth-order valence-electron chi connectivity index (χ4n) is 5.47. The quantitative estimate of drug-likeness (QED) is 0.552. The molecule has 1 amide bonds. The lowest BCUT2D eigenvalue weighted by atomic mass is 9.96. The highest BCUT2D eigenvalue weighted by Crippen LogP contribution is 2.32. The van der Waals surface area contributed by atoms with Crippen molar-refractivity contribution >= 4 is 17.7 Å². The summed E-state index contributed by atoms with van der Waals surface area (Å²) in [4.78, 5) is 32.7. The van der Waals surface area contributed by atoms with Crippen LogP contribution in [0.5, 0.6) is 5.75 Å². The molecule has 5 rings (SSSR count). The molecule has 7 nitrogen and oxygen atoms in total. The van der Waals surface area contributed by atoms with Crippen LogP contribution in [0.4, 0.5) is 5.82 Å². The fraction of sp³-hybridized carbons (Fsp3) is 0.536. The lowest BCUT2D eigenvalue weighted by Crippen LogP contribution is -2.35. The summed E-state index contributed by atoms with van der Waals surface area (Å²) < 4.78 is 11.1. The van der Waals surface area contributed by atoms with Gasteiger partial charge >= 0.3 is 5.97 Å². The number of likely N-dealkylation sites (tertiary alicyclic amines) is 1. The van der Waals surface area contributed by atoms with Gasteiger partial charge in [-0.1, -0.05) is 18.2 Å². The standard InChI is InChI=1S/C28H35N3O4/c1-2-34-28(33)24(22-9-8-19-13-16-35-25(19)17-22)18-31-15-12-21(27(31)32)5-3-7-23-11-10-20-6-4-14-29-26(20)30-23/h8-11,17,21,24H,2-7,12-16,18H2,1H3,(H,29,30)/t21-,24?/m0/s1. The van der Waals surface area contributed by atoms with Gasteiger partial charge < -0.3 is 19.7 Å². The first kappa shape index (κ1) is 23.6. The number of hydrogen-bond donors (Lipinski definition) is 1. The highest BCUT2D eigenvalue weighted by atomic mass is 16.5. The van der Waals surface area contributed by atoms with Gasteiger partial charge in [0, 0.05) is 37.7 Å². The van der Waals surface area contributed by atoms with Gasteiger partial charge in [-0.3, -0.25) is 9.59 Å². The third-order valence-corrected chi connectivity index (χ3v) is 7.44. The second-order valence-electron chi connectivity index (χ2n) is 9.77. The zero-order chi connectivity index (χ0) is 24.2. The number of carbonyl (C=O) groups excluding carboxylic acids is 2. The van der Waals surface area contributed by atoms with Gasteiger partial charge in [0.25, 0.3) is 0 Å². The molecule has 0 radical (unpaired) electrons. The summed E-state index contributed by atoms with van der Waals surface area (Å²) in [6, 6.07) is 10.3. The van der Waals surface area contributed by atoms with Gasteiger partial charge in [-0.15, -0.1) is 0 Å². The Balaban J connectivity index is 1.18. The molecule has 0 bridgehead atoms. The second kappa shape index (κ2) is 10.7. The lowest BCUT2D eigenvalue weighted by Gasteiger charge is -2.24. The summed E-state index contributed by atoms with van der Waals surface area (Å²) in [6.45, 7) is 4.82. The molecule has 0 aliphatic carbocycles. The Morgan fingerprint density at radius 2 is 2.14 bits per heavy atom. The minimum absolute atomic E-state index is 0.0111. The van der Waals surface area contributed by atoms with Crippen molar-refractivity contribution in [1.29, 1.82) is 0 Å². The number of aromatic nitrogens is 1. The summed E-state index contributed by atoms with van der Waals surface area (Å²) in [5.74, 6) is 1.24. The molecule has 0 saturated carbocycles. The minimum atomic E-state index is -0.501. The van der Waals surface area contributed by atoms with Crippen LogP contribution in [-0.2, 0) is 33.6 Å². The predicted molar refractivity (Wildman–Crippen MR) is 134 cm³/mol. The summed E-state index contributed by atoms with van der Waals surface area (Å²) in [5, 5.41) is 3.39. The smallest absolute Gasteiger partial charge is 0.315 e. The van der Waals surface area contributed by atoms with Crippen LogP contribution in [0.2, 0.25) is 0 Å². The number of amides is 1. The van der Waals surface area contributed by atoms with Gasteiger partial charge in [-0.2, -0.15) is 0 Å². The van der Waals surface area contributed by atoms with Crippen LogP contribution in [-0.4, -0.2) is 54.6 Å². The van der Waals surface area contributed by atoms with E-state index in [0.717, 1.165) is 79.9 Å². The first-order valence-electron chi connectivity index (χ1n) is 13.1. The second-order valence-corrected chi connectivity index (χ2v) is 9.77. The van der Waals surface area contributed by atoms with Gasteiger partial charge in [-0.05, 0) is 74.3 Å². The summed E-state index contributed by atoms with van der Waals surface area (Å²) in [7, 11) is 0. The van der Waals surface area contributed by atoms with Crippen molar-refractivity contribution < 1.29 is 19.1 Å². The molecular weight excluding hydrogens is 442 g/mol. The molecule has 4 heterocycles. The third kappa shape index (κ3) is 5.29. The Morgan fingerprint density at radius 3 is 3.03 bits per heavy atom. The lowest BCUT2D eigenvalue weighted by molar-refractivity contribution is -0.146. The van der Waals surface area contributed by atoms with Gasteiger partial charge in [0.05, 0.1) is 19.1 Å². The molecule has 1 fully saturated rings. The molecule has 2 atom stereocenters. The van der Waals surface area contributed by atoms with E-state index in [9.17, 15) is 9.59 Å². The molecular formula is C28H35N3O4. The van der Waals surface area contributed by atoms with Crippen LogP contribution in [0.3, 0.4) is 0 Å². The van der Waals surface area contributed by atoms with Crippen molar-refractivity contribution in [2.24, 2.45) is 5.92 Å². The molecule has 1 aromatic heterocycles. The van der Waals surface area contributed by atoms with Crippen molar-refractivity contribution in [3.05, 3.63) is 52.7 Å². The van der Waals surface area contributed by atoms with Crippen LogP contribution in [0.1, 0.15) is 60.9 Å². The van der Waals surface area contributed by atoms with E-state index in [1.165, 1.54) is 5.56 Å². The van der Waals surface area contributed by atoms with Crippen LogP contribution >= 0.6 is 0 Å². The Kier molecular flexibility index (Phi) is 7.21. The number of esters is 1. The predicted octanol–water partition coefficient (Wildman–Crippen LogP) is 3.89. The Bertz CT molecular complexity index is 1090. The van der Waals surface area contributed by atoms with Gasteiger partial charge in [0.2, 0.25) is 5.91 Å². The number of ether oxygens (including phenoxy) is 2. The van der Waals surface area contributed by atoms with E-state index in [2.05, 4.69) is 17.4 Å². The molecule has 35 heavy (non-hydrogen) atoms. The van der Waals surface area contributed by atoms with E-state index < -0.39 is 5.92 Å². The van der Waals surface area contributed by atoms with Crippen molar-refractivity contribution in [3.8, 4) is 5.75 Å². The first-order chi connectivity index (χ1) is 17.1. The first-order valence-corrected chi connectivity index (χ1v) is 13.1. The molecule has 1 aromatic carbocycles. The summed E-state index contributed by atoms with van der Waals surface area (Å²) >= 11 is 0. The molecule has 1 saturated heterocycles. The van der Waals surface area contributed by atoms with Crippen LogP contribution in [0, 0.1) is 5.92 Å². The molecule has 3 aliphatic rings. The number of hydrogen-bond acceptors (Lipinski definition) is 6. The maximum Gasteiger partial charge on any atom is 0.315 e. The van der Waals surface area contributed by atoms with Crippen LogP contribution in [0.15, 0.2) is 30.3 Å². The van der Waals surface area contributed by atoms with E-state index in [1.54, 1.807) is 0 Å². The molecule has 1 N–H and O–H groups in total. The topological polar surface area (TPSA) is 80.8 Å². The highest BCUT2D eigenvalue weighted by molar-refractivity contribution is 5.83. The van der Waals surface area contributed by atoms with Crippen molar-refractivity contribution in [1.82, 2.24) is 9.88 Å². The number of anilines is 1. The highest BCUT2D eigenvalue weighted by Gasteiger charge is 2.35. The normalized spacial score (nSPS) is 19.5. The average molecular weight is 478 g/mol. The van der Waals surface area contributed by atoms with E-state index in [0.29, 0.717) is 26.3 Å². The molecule has 0 spiro atoms. The van der Waals surface area contributed by atoms with E-state index in [1.807, 2.05) is 30.0 Å². The maximum absolute atomic E-state index is 13.2. The summed E-state index contributed by atoms with van der Waals surface area (Å²) in [6.07, 6.45) is 6.63. The zero-order valence-electron chi connectivity index (χ0n) is 20.6. The Morgan fingerprint density at radius 1 is 1.26 bits per heavy atom. The molecule has 1 unspecified atom stereocenters. The summed E-state index contributed by atoms with van der Waals surface area (Å²) in [5.41, 5.74) is 4.40. The molecule has 2 aromatic rings.